The van der Waals surface area contributed by atoms with E-state index in [1.807, 2.05) is 0 Å². The molecule has 0 heterocycles. The maximum absolute atomic E-state index is 11.8. The van der Waals surface area contributed by atoms with Crippen molar-refractivity contribution in [2.24, 2.45) is 5.41 Å². The van der Waals surface area contributed by atoms with E-state index in [0.717, 1.165) is 0 Å². The molecule has 0 N–H and O–H groups in total. The Balaban J connectivity index is 4.24. The first kappa shape index (κ1) is 16.1. The molecule has 0 bridgehead atoms. The number of carbonyl (C=O) groups is 2. The number of methoxy groups -OCH3 is 1. The van der Waals surface area contributed by atoms with Crippen LogP contribution < -0.4 is 0 Å². The van der Waals surface area contributed by atoms with E-state index in [2.05, 4.69) is 0 Å². The van der Waals surface area contributed by atoms with Crippen LogP contribution >= 0.6 is 0 Å². The molecule has 0 radical (unpaired) electrons. The van der Waals surface area contributed by atoms with Crippen LogP contribution in [0.5, 0.6) is 0 Å². The summed E-state index contributed by atoms with van der Waals surface area (Å²) in [6.45, 7) is 7.14. The molecule has 1 atom stereocenters. The lowest BCUT2D eigenvalue weighted by Crippen LogP contribution is -2.38. The molecule has 0 rings (SSSR count). The van der Waals surface area contributed by atoms with E-state index in [1.54, 1.807) is 21.0 Å². The average Bonchev–Trinajstić information content (AvgIpc) is 2.26. The quantitative estimate of drug-likeness (QED) is 0.475. The number of ketones is 1. The van der Waals surface area contributed by atoms with Gasteiger partial charge in [0.25, 0.3) is 0 Å². The minimum absolute atomic E-state index is 0.115. The Morgan fingerprint density at radius 3 is 2.35 bits per heavy atom. The van der Waals surface area contributed by atoms with Crippen LogP contribution in [0.15, 0.2) is 0 Å². The van der Waals surface area contributed by atoms with Gasteiger partial charge in [0.05, 0.1) is 19.3 Å². The molecular weight excluding hydrogens is 224 g/mol. The summed E-state index contributed by atoms with van der Waals surface area (Å²) in [7, 11) is 1.56. The second-order valence-electron chi connectivity index (χ2n) is 4.35. The highest BCUT2D eigenvalue weighted by Gasteiger charge is 2.37. The molecule has 0 saturated heterocycles. The van der Waals surface area contributed by atoms with E-state index >= 15 is 0 Å². The van der Waals surface area contributed by atoms with Gasteiger partial charge in [0.1, 0.15) is 12.0 Å². The van der Waals surface area contributed by atoms with Crippen LogP contribution in [0.4, 0.5) is 0 Å². The largest absolute Gasteiger partial charge is 0.465 e. The van der Waals surface area contributed by atoms with Gasteiger partial charge >= 0.3 is 5.97 Å². The Hall–Kier alpha value is -0.940. The topological polar surface area (TPSA) is 61.8 Å². The van der Waals surface area contributed by atoms with Crippen molar-refractivity contribution < 1.29 is 23.8 Å². The third-order valence-electron chi connectivity index (χ3n) is 2.38. The molecule has 0 aromatic heterocycles. The predicted molar refractivity (Wildman–Crippen MR) is 62.7 cm³/mol. The molecule has 100 valence electrons. The second-order valence-corrected chi connectivity index (χ2v) is 4.35. The van der Waals surface area contributed by atoms with Gasteiger partial charge in [-0.05, 0) is 27.7 Å². The van der Waals surface area contributed by atoms with Gasteiger partial charge < -0.3 is 14.2 Å². The van der Waals surface area contributed by atoms with Gasteiger partial charge in [-0.2, -0.15) is 0 Å². The van der Waals surface area contributed by atoms with Crippen molar-refractivity contribution in [3.63, 3.8) is 0 Å². The Labute approximate surface area is 102 Å². The van der Waals surface area contributed by atoms with Gasteiger partial charge in [0.2, 0.25) is 0 Å². The zero-order chi connectivity index (χ0) is 13.5. The van der Waals surface area contributed by atoms with Crippen LogP contribution in [0.25, 0.3) is 0 Å². The first-order valence-electron chi connectivity index (χ1n) is 5.67. The first-order valence-corrected chi connectivity index (χ1v) is 5.67. The fraction of sp³-hybridized carbons (Fsp3) is 0.833. The number of rotatable bonds is 8. The zero-order valence-electron chi connectivity index (χ0n) is 11.2. The number of esters is 1. The molecule has 5 nitrogen and oxygen atoms in total. The smallest absolute Gasteiger partial charge is 0.319 e. The predicted octanol–water partition coefficient (Wildman–Crippen LogP) is 1.20. The highest BCUT2D eigenvalue weighted by molar-refractivity contribution is 6.03. The highest BCUT2D eigenvalue weighted by atomic mass is 16.5. The first-order chi connectivity index (χ1) is 7.86. The maximum atomic E-state index is 11.8. The van der Waals surface area contributed by atoms with Gasteiger partial charge in [-0.1, -0.05) is 0 Å². The summed E-state index contributed by atoms with van der Waals surface area (Å²) >= 11 is 0. The van der Waals surface area contributed by atoms with Crippen molar-refractivity contribution in [3.8, 4) is 0 Å². The van der Waals surface area contributed by atoms with Gasteiger partial charge in [0, 0.05) is 7.11 Å². The van der Waals surface area contributed by atoms with Crippen LogP contribution in [-0.2, 0) is 23.8 Å². The number of carbonyl (C=O) groups excluding carboxylic acids is 2. The van der Waals surface area contributed by atoms with Crippen molar-refractivity contribution in [1.82, 2.24) is 0 Å². The SMILES string of the molecule is CCOC(=O)C(C)(C)C(=O)COC(C)COC. The van der Waals surface area contributed by atoms with Crippen LogP contribution in [-0.4, -0.2) is 44.8 Å². The Morgan fingerprint density at radius 1 is 1.29 bits per heavy atom. The molecule has 17 heavy (non-hydrogen) atoms. The molecule has 0 aromatic rings. The molecular formula is C12H22O5. The number of hydrogen-bond acceptors (Lipinski definition) is 5. The van der Waals surface area contributed by atoms with Crippen LogP contribution in [0, 0.1) is 5.41 Å². The third-order valence-corrected chi connectivity index (χ3v) is 2.38. The second kappa shape index (κ2) is 7.40. The minimum atomic E-state index is -1.16. The lowest BCUT2D eigenvalue weighted by molar-refractivity contribution is -0.160. The molecule has 0 aliphatic rings. The molecule has 0 aliphatic heterocycles. The van der Waals surface area contributed by atoms with Crippen LogP contribution in [0.2, 0.25) is 0 Å². The lowest BCUT2D eigenvalue weighted by atomic mass is 9.88. The standard InChI is InChI=1S/C12H22O5/c1-6-16-11(14)12(3,4)10(13)8-17-9(2)7-15-5/h9H,6-8H2,1-5H3. The minimum Gasteiger partial charge on any atom is -0.465 e. The van der Waals surface area contributed by atoms with E-state index in [9.17, 15) is 9.59 Å². The number of hydrogen-bond donors (Lipinski definition) is 0. The fourth-order valence-electron chi connectivity index (χ4n) is 1.11. The highest BCUT2D eigenvalue weighted by Crippen LogP contribution is 2.19. The molecule has 0 amide bonds. The molecule has 0 aromatic carbocycles. The fourth-order valence-corrected chi connectivity index (χ4v) is 1.11. The number of Topliss-reactive ketones (excluding diaryl/α,β-unsaturated/α-hetero) is 1. The van der Waals surface area contributed by atoms with E-state index in [4.69, 9.17) is 14.2 Å². The summed E-state index contributed by atoms with van der Waals surface area (Å²) in [6.07, 6.45) is -0.179. The molecule has 5 heteroatoms. The van der Waals surface area contributed by atoms with Crippen molar-refractivity contribution in [2.75, 3.05) is 26.9 Å². The number of ether oxygens (including phenoxy) is 3. The Kier molecular flexibility index (Phi) is 6.99. The molecule has 1 unspecified atom stereocenters. The summed E-state index contributed by atoms with van der Waals surface area (Å²) in [5.41, 5.74) is -1.16. The van der Waals surface area contributed by atoms with E-state index in [0.29, 0.717) is 6.61 Å². The van der Waals surface area contributed by atoms with Crippen molar-refractivity contribution in [3.05, 3.63) is 0 Å². The van der Waals surface area contributed by atoms with Gasteiger partial charge in [-0.25, -0.2) is 0 Å². The Morgan fingerprint density at radius 2 is 1.88 bits per heavy atom. The van der Waals surface area contributed by atoms with E-state index < -0.39 is 11.4 Å². The van der Waals surface area contributed by atoms with Crippen LogP contribution in [0.1, 0.15) is 27.7 Å². The molecule has 0 fully saturated rings. The summed E-state index contributed by atoms with van der Waals surface area (Å²) in [5, 5.41) is 0. The monoisotopic (exact) mass is 246 g/mol. The van der Waals surface area contributed by atoms with Crippen molar-refractivity contribution in [2.45, 2.75) is 33.8 Å². The Bertz CT molecular complexity index is 260. The molecule has 0 saturated carbocycles. The summed E-state index contributed by atoms with van der Waals surface area (Å²) < 4.78 is 15.0. The molecule has 0 aliphatic carbocycles. The maximum Gasteiger partial charge on any atom is 0.319 e. The zero-order valence-corrected chi connectivity index (χ0v) is 11.2. The van der Waals surface area contributed by atoms with E-state index in [1.165, 1.54) is 13.8 Å². The van der Waals surface area contributed by atoms with E-state index in [-0.39, 0.29) is 25.1 Å². The third kappa shape index (κ3) is 5.28. The van der Waals surface area contributed by atoms with Crippen molar-refractivity contribution >= 4 is 11.8 Å². The van der Waals surface area contributed by atoms with Gasteiger partial charge in [0.15, 0.2) is 5.78 Å². The van der Waals surface area contributed by atoms with Crippen LogP contribution in [0.3, 0.4) is 0 Å². The summed E-state index contributed by atoms with van der Waals surface area (Å²) in [6, 6.07) is 0. The summed E-state index contributed by atoms with van der Waals surface area (Å²) in [4.78, 5) is 23.4. The lowest BCUT2D eigenvalue weighted by Gasteiger charge is -2.21. The normalized spacial score (nSPS) is 13.2. The van der Waals surface area contributed by atoms with Gasteiger partial charge in [-0.15, -0.1) is 0 Å². The van der Waals surface area contributed by atoms with Gasteiger partial charge in [-0.3, -0.25) is 9.59 Å². The molecule has 0 spiro atoms. The average molecular weight is 246 g/mol. The summed E-state index contributed by atoms with van der Waals surface area (Å²) in [5.74, 6) is -0.813. The van der Waals surface area contributed by atoms with Crippen molar-refractivity contribution in [1.29, 1.82) is 0 Å².